The molecule has 66 valence electrons. The monoisotopic (exact) mass is 168 g/mol. The highest BCUT2D eigenvalue weighted by Crippen LogP contribution is 2.17. The molecule has 1 atom stereocenters. The second kappa shape index (κ2) is 3.63. The predicted octanol–water partition coefficient (Wildman–Crippen LogP) is 1.88. The predicted molar refractivity (Wildman–Crippen MR) is 46.0 cm³/mol. The summed E-state index contributed by atoms with van der Waals surface area (Å²) in [5.74, 6) is -0.0304. The number of hydrogen-bond acceptors (Lipinski definition) is 2. The molecule has 3 heteroatoms. The maximum atomic E-state index is 12.7. The molecule has 0 aromatic carbocycles. The van der Waals surface area contributed by atoms with E-state index in [1.165, 1.54) is 12.3 Å². The van der Waals surface area contributed by atoms with Crippen LogP contribution in [0.25, 0.3) is 0 Å². The number of nitrogens with two attached hydrogens (primary N) is 1. The highest BCUT2D eigenvalue weighted by atomic mass is 19.1. The molecule has 0 saturated carbocycles. The van der Waals surface area contributed by atoms with Crippen LogP contribution in [0, 0.1) is 11.7 Å². The van der Waals surface area contributed by atoms with E-state index < -0.39 is 0 Å². The zero-order valence-electron chi connectivity index (χ0n) is 7.29. The van der Waals surface area contributed by atoms with E-state index in [0.29, 0.717) is 5.92 Å². The van der Waals surface area contributed by atoms with E-state index in [-0.39, 0.29) is 11.9 Å². The van der Waals surface area contributed by atoms with Crippen molar-refractivity contribution in [2.45, 2.75) is 19.9 Å². The third kappa shape index (κ3) is 2.01. The molecule has 0 fully saturated rings. The summed E-state index contributed by atoms with van der Waals surface area (Å²) in [4.78, 5) is 3.73. The summed E-state index contributed by atoms with van der Waals surface area (Å²) in [5.41, 5.74) is 6.55. The van der Waals surface area contributed by atoms with Crippen molar-refractivity contribution in [3.63, 3.8) is 0 Å². The highest BCUT2D eigenvalue weighted by molar-refractivity contribution is 5.14. The maximum Gasteiger partial charge on any atom is 0.141 e. The summed E-state index contributed by atoms with van der Waals surface area (Å²) >= 11 is 0. The topological polar surface area (TPSA) is 38.9 Å². The fraction of sp³-hybridized carbons (Fsp3) is 0.444. The van der Waals surface area contributed by atoms with E-state index in [4.69, 9.17) is 5.73 Å². The average Bonchev–Trinajstić information content (AvgIpc) is 2.03. The Bertz CT molecular complexity index is 260. The van der Waals surface area contributed by atoms with Crippen LogP contribution in [0.2, 0.25) is 0 Å². The van der Waals surface area contributed by atoms with Crippen LogP contribution in [-0.4, -0.2) is 4.98 Å². The van der Waals surface area contributed by atoms with Crippen LogP contribution in [-0.2, 0) is 0 Å². The van der Waals surface area contributed by atoms with Crippen molar-refractivity contribution in [3.05, 3.63) is 29.8 Å². The van der Waals surface area contributed by atoms with Gasteiger partial charge in [-0.25, -0.2) is 4.39 Å². The molecule has 0 unspecified atom stereocenters. The van der Waals surface area contributed by atoms with Gasteiger partial charge in [-0.15, -0.1) is 0 Å². The molecule has 1 aromatic rings. The lowest BCUT2D eigenvalue weighted by molar-refractivity contribution is 0.507. The molecule has 0 radical (unpaired) electrons. The molecular formula is C9H13FN2. The van der Waals surface area contributed by atoms with Gasteiger partial charge < -0.3 is 5.73 Å². The third-order valence-electron chi connectivity index (χ3n) is 1.83. The summed E-state index contributed by atoms with van der Waals surface area (Å²) in [6.07, 6.45) is 2.78. The highest BCUT2D eigenvalue weighted by Gasteiger charge is 2.10. The quantitative estimate of drug-likeness (QED) is 0.732. The lowest BCUT2D eigenvalue weighted by atomic mass is 9.99. The number of halogens is 1. The van der Waals surface area contributed by atoms with Crippen LogP contribution in [0.15, 0.2) is 18.5 Å². The summed E-state index contributed by atoms with van der Waals surface area (Å²) in [5, 5.41) is 0. The summed E-state index contributed by atoms with van der Waals surface area (Å²) in [6, 6.07) is 1.30. The minimum absolute atomic E-state index is 0.131. The van der Waals surface area contributed by atoms with Gasteiger partial charge in [0.2, 0.25) is 0 Å². The lowest BCUT2D eigenvalue weighted by Gasteiger charge is -2.14. The molecule has 0 bridgehead atoms. The van der Waals surface area contributed by atoms with Gasteiger partial charge >= 0.3 is 0 Å². The Kier molecular flexibility index (Phi) is 2.76. The Hall–Kier alpha value is -0.960. The van der Waals surface area contributed by atoms with Gasteiger partial charge in [0.25, 0.3) is 0 Å². The first-order valence-electron chi connectivity index (χ1n) is 3.97. The summed E-state index contributed by atoms with van der Waals surface area (Å²) in [6.45, 7) is 3.99. The fourth-order valence-corrected chi connectivity index (χ4v) is 0.995. The van der Waals surface area contributed by atoms with E-state index in [2.05, 4.69) is 4.98 Å². The van der Waals surface area contributed by atoms with Crippen molar-refractivity contribution < 1.29 is 4.39 Å². The molecule has 1 heterocycles. The Morgan fingerprint density at radius 2 is 2.08 bits per heavy atom. The van der Waals surface area contributed by atoms with E-state index in [9.17, 15) is 4.39 Å². The largest absolute Gasteiger partial charge is 0.324 e. The van der Waals surface area contributed by atoms with Crippen molar-refractivity contribution in [2.75, 3.05) is 0 Å². The van der Waals surface area contributed by atoms with Crippen molar-refractivity contribution in [2.24, 2.45) is 11.7 Å². The van der Waals surface area contributed by atoms with Gasteiger partial charge in [0.1, 0.15) is 5.82 Å². The number of pyridine rings is 1. The SMILES string of the molecule is CC(C)[C@H](N)c1cncc(F)c1. The third-order valence-corrected chi connectivity index (χ3v) is 1.83. The van der Waals surface area contributed by atoms with Gasteiger partial charge in [-0.3, -0.25) is 4.98 Å². The average molecular weight is 168 g/mol. The van der Waals surface area contributed by atoms with E-state index >= 15 is 0 Å². The summed E-state index contributed by atoms with van der Waals surface area (Å²) in [7, 11) is 0. The van der Waals surface area contributed by atoms with Gasteiger partial charge in [-0.2, -0.15) is 0 Å². The van der Waals surface area contributed by atoms with Crippen molar-refractivity contribution in [1.29, 1.82) is 0 Å². The number of rotatable bonds is 2. The normalized spacial score (nSPS) is 13.4. The molecule has 0 aliphatic heterocycles. The fourth-order valence-electron chi connectivity index (χ4n) is 0.995. The number of hydrogen-bond donors (Lipinski definition) is 1. The van der Waals surface area contributed by atoms with Crippen LogP contribution < -0.4 is 5.73 Å². The van der Waals surface area contributed by atoms with Gasteiger partial charge in [0.05, 0.1) is 6.20 Å². The summed E-state index contributed by atoms with van der Waals surface area (Å²) < 4.78 is 12.7. The van der Waals surface area contributed by atoms with E-state index in [1.807, 2.05) is 13.8 Å². The minimum atomic E-state index is -0.330. The van der Waals surface area contributed by atoms with Crippen LogP contribution in [0.1, 0.15) is 25.5 Å². The second-order valence-corrected chi connectivity index (χ2v) is 3.21. The van der Waals surface area contributed by atoms with Crippen molar-refractivity contribution >= 4 is 0 Å². The zero-order valence-corrected chi connectivity index (χ0v) is 7.29. The lowest BCUT2D eigenvalue weighted by Crippen LogP contribution is -2.16. The van der Waals surface area contributed by atoms with Crippen LogP contribution in [0.3, 0.4) is 0 Å². The Balaban J connectivity index is 2.88. The van der Waals surface area contributed by atoms with E-state index in [0.717, 1.165) is 5.56 Å². The van der Waals surface area contributed by atoms with Crippen LogP contribution >= 0.6 is 0 Å². The van der Waals surface area contributed by atoms with Crippen molar-refractivity contribution in [3.8, 4) is 0 Å². The number of aromatic nitrogens is 1. The van der Waals surface area contributed by atoms with Crippen LogP contribution in [0.4, 0.5) is 4.39 Å². The number of nitrogens with zero attached hydrogens (tertiary/aromatic N) is 1. The second-order valence-electron chi connectivity index (χ2n) is 3.21. The molecule has 1 rings (SSSR count). The Morgan fingerprint density at radius 1 is 1.42 bits per heavy atom. The molecule has 12 heavy (non-hydrogen) atoms. The zero-order chi connectivity index (χ0) is 9.14. The first-order chi connectivity index (χ1) is 5.61. The molecule has 0 aliphatic carbocycles. The molecule has 0 spiro atoms. The minimum Gasteiger partial charge on any atom is -0.324 e. The molecule has 0 saturated heterocycles. The Morgan fingerprint density at radius 3 is 2.58 bits per heavy atom. The van der Waals surface area contributed by atoms with Gasteiger partial charge in [-0.1, -0.05) is 13.8 Å². The van der Waals surface area contributed by atoms with Gasteiger partial charge in [0, 0.05) is 12.2 Å². The first-order valence-corrected chi connectivity index (χ1v) is 3.97. The molecular weight excluding hydrogens is 155 g/mol. The van der Waals surface area contributed by atoms with Crippen molar-refractivity contribution in [1.82, 2.24) is 4.98 Å². The van der Waals surface area contributed by atoms with Gasteiger partial charge in [-0.05, 0) is 17.5 Å². The standard InChI is InChI=1S/C9H13FN2/c1-6(2)9(11)7-3-8(10)5-12-4-7/h3-6,9H,11H2,1-2H3/t9-/m0/s1. The molecule has 2 N–H and O–H groups in total. The first kappa shape index (κ1) is 9.13. The molecule has 1 aromatic heterocycles. The smallest absolute Gasteiger partial charge is 0.141 e. The molecule has 0 amide bonds. The maximum absolute atomic E-state index is 12.7. The Labute approximate surface area is 71.6 Å². The van der Waals surface area contributed by atoms with E-state index in [1.54, 1.807) is 6.20 Å². The van der Waals surface area contributed by atoms with Gasteiger partial charge in [0.15, 0.2) is 0 Å². The molecule has 0 aliphatic rings. The van der Waals surface area contributed by atoms with Crippen LogP contribution in [0.5, 0.6) is 0 Å². The molecule has 2 nitrogen and oxygen atoms in total.